The van der Waals surface area contributed by atoms with Crippen molar-refractivity contribution in [1.29, 1.82) is 0 Å². The van der Waals surface area contributed by atoms with E-state index < -0.39 is 0 Å². The van der Waals surface area contributed by atoms with Crippen molar-refractivity contribution in [2.24, 2.45) is 5.92 Å². The molecule has 0 aliphatic heterocycles. The Bertz CT molecular complexity index is 362. The highest BCUT2D eigenvalue weighted by Crippen LogP contribution is 2.50. The fraction of sp³-hybridized carbons (Fsp3) is 0.538. The number of ether oxygens (including phenoxy) is 1. The van der Waals surface area contributed by atoms with Gasteiger partial charge in [-0.15, -0.1) is 11.6 Å². The second kappa shape index (κ2) is 4.05. The molecule has 1 aliphatic rings. The zero-order valence-corrected chi connectivity index (χ0v) is 10.2. The van der Waals surface area contributed by atoms with Gasteiger partial charge in [0.15, 0.2) is 0 Å². The highest BCUT2D eigenvalue weighted by atomic mass is 35.5. The van der Waals surface area contributed by atoms with Crippen LogP contribution in [0.5, 0.6) is 5.75 Å². The molecule has 3 unspecified atom stereocenters. The van der Waals surface area contributed by atoms with Crippen LogP contribution in [0.1, 0.15) is 42.7 Å². The fourth-order valence-electron chi connectivity index (χ4n) is 2.62. The smallest absolute Gasteiger partial charge is 0.119 e. The molecule has 2 heteroatoms. The lowest BCUT2D eigenvalue weighted by Crippen LogP contribution is -2.03. The SMILES string of the molecule is CCC1c2ccc(OC)cc2C(Cl)C1C. The number of rotatable bonds is 2. The first kappa shape index (κ1) is 10.8. The quantitative estimate of drug-likeness (QED) is 0.687. The molecule has 1 aliphatic carbocycles. The van der Waals surface area contributed by atoms with E-state index >= 15 is 0 Å². The first-order valence-electron chi connectivity index (χ1n) is 5.51. The summed E-state index contributed by atoms with van der Waals surface area (Å²) >= 11 is 6.44. The molecule has 0 spiro atoms. The maximum Gasteiger partial charge on any atom is 0.119 e. The molecule has 2 rings (SSSR count). The third-order valence-corrected chi connectivity index (χ3v) is 4.16. The minimum atomic E-state index is 0.139. The van der Waals surface area contributed by atoms with Crippen LogP contribution in [0.15, 0.2) is 18.2 Å². The van der Waals surface area contributed by atoms with E-state index in [9.17, 15) is 0 Å². The van der Waals surface area contributed by atoms with E-state index in [4.69, 9.17) is 16.3 Å². The Hall–Kier alpha value is -0.690. The molecule has 1 nitrogen and oxygen atoms in total. The molecule has 0 N–H and O–H groups in total. The molecule has 1 aromatic rings. The molecule has 0 radical (unpaired) electrons. The summed E-state index contributed by atoms with van der Waals surface area (Å²) in [5.74, 6) is 2.04. The van der Waals surface area contributed by atoms with E-state index in [1.807, 2.05) is 6.07 Å². The van der Waals surface area contributed by atoms with Crippen molar-refractivity contribution in [1.82, 2.24) is 0 Å². The monoisotopic (exact) mass is 224 g/mol. The summed E-state index contributed by atoms with van der Waals surface area (Å²) in [5, 5.41) is 0.139. The summed E-state index contributed by atoms with van der Waals surface area (Å²) in [7, 11) is 1.70. The van der Waals surface area contributed by atoms with Crippen molar-refractivity contribution in [3.8, 4) is 5.75 Å². The highest BCUT2D eigenvalue weighted by Gasteiger charge is 2.35. The lowest BCUT2D eigenvalue weighted by atomic mass is 9.92. The molecule has 0 bridgehead atoms. The molecule has 0 fully saturated rings. The van der Waals surface area contributed by atoms with Crippen LogP contribution in [0.3, 0.4) is 0 Å². The standard InChI is InChI=1S/C13H17ClO/c1-4-10-8(2)13(14)12-7-9(15-3)5-6-11(10)12/h5-8,10,13H,4H2,1-3H3. The third kappa shape index (κ3) is 1.63. The summed E-state index contributed by atoms with van der Waals surface area (Å²) in [5.41, 5.74) is 2.67. The number of fused-ring (bicyclic) bond motifs is 1. The van der Waals surface area contributed by atoms with Gasteiger partial charge in [-0.25, -0.2) is 0 Å². The Morgan fingerprint density at radius 1 is 1.33 bits per heavy atom. The van der Waals surface area contributed by atoms with Crippen LogP contribution in [-0.2, 0) is 0 Å². The van der Waals surface area contributed by atoms with Crippen LogP contribution in [0.4, 0.5) is 0 Å². The predicted molar refractivity (Wildman–Crippen MR) is 63.8 cm³/mol. The number of hydrogen-bond acceptors (Lipinski definition) is 1. The molecule has 0 amide bonds. The van der Waals surface area contributed by atoms with E-state index in [0.29, 0.717) is 11.8 Å². The zero-order valence-electron chi connectivity index (χ0n) is 9.46. The lowest BCUT2D eigenvalue weighted by molar-refractivity contribution is 0.414. The van der Waals surface area contributed by atoms with Gasteiger partial charge in [-0.3, -0.25) is 0 Å². The molecule has 3 atom stereocenters. The lowest BCUT2D eigenvalue weighted by Gasteiger charge is -2.15. The van der Waals surface area contributed by atoms with Crippen molar-refractivity contribution in [2.45, 2.75) is 31.6 Å². The van der Waals surface area contributed by atoms with Crippen LogP contribution in [0, 0.1) is 5.92 Å². The van der Waals surface area contributed by atoms with Crippen molar-refractivity contribution in [3.63, 3.8) is 0 Å². The maximum atomic E-state index is 6.44. The van der Waals surface area contributed by atoms with Crippen LogP contribution in [-0.4, -0.2) is 7.11 Å². The summed E-state index contributed by atoms with van der Waals surface area (Å²) in [6, 6.07) is 6.28. The molecule has 0 saturated heterocycles. The van der Waals surface area contributed by atoms with Crippen LogP contribution < -0.4 is 4.74 Å². The summed E-state index contributed by atoms with van der Waals surface area (Å²) in [6.07, 6.45) is 1.16. The van der Waals surface area contributed by atoms with Crippen molar-refractivity contribution >= 4 is 11.6 Å². The van der Waals surface area contributed by atoms with E-state index in [-0.39, 0.29) is 5.38 Å². The fourth-order valence-corrected chi connectivity index (χ4v) is 2.98. The van der Waals surface area contributed by atoms with Gasteiger partial charge >= 0.3 is 0 Å². The summed E-state index contributed by atoms with van der Waals surface area (Å²) in [4.78, 5) is 0. The van der Waals surface area contributed by atoms with Gasteiger partial charge in [-0.1, -0.05) is 19.9 Å². The topological polar surface area (TPSA) is 9.23 Å². The Balaban J connectivity index is 2.45. The van der Waals surface area contributed by atoms with Gasteiger partial charge in [-0.2, -0.15) is 0 Å². The molecular formula is C13H17ClO. The first-order chi connectivity index (χ1) is 7.19. The van der Waals surface area contributed by atoms with Gasteiger partial charge in [0.2, 0.25) is 0 Å². The normalized spacial score (nSPS) is 28.9. The van der Waals surface area contributed by atoms with Crippen LogP contribution in [0.25, 0.3) is 0 Å². The molecule has 0 aromatic heterocycles. The third-order valence-electron chi connectivity index (χ3n) is 3.53. The summed E-state index contributed by atoms with van der Waals surface area (Å²) < 4.78 is 5.23. The van der Waals surface area contributed by atoms with Gasteiger partial charge in [0.05, 0.1) is 12.5 Å². The highest BCUT2D eigenvalue weighted by molar-refractivity contribution is 6.21. The van der Waals surface area contributed by atoms with Crippen molar-refractivity contribution in [3.05, 3.63) is 29.3 Å². The van der Waals surface area contributed by atoms with Crippen molar-refractivity contribution in [2.75, 3.05) is 7.11 Å². The largest absolute Gasteiger partial charge is 0.497 e. The molecule has 15 heavy (non-hydrogen) atoms. The Morgan fingerprint density at radius 2 is 2.07 bits per heavy atom. The second-order valence-electron chi connectivity index (χ2n) is 4.27. The van der Waals surface area contributed by atoms with E-state index in [1.54, 1.807) is 7.11 Å². The predicted octanol–water partition coefficient (Wildman–Crippen LogP) is 4.12. The van der Waals surface area contributed by atoms with Crippen LogP contribution >= 0.6 is 11.6 Å². The number of alkyl halides is 1. The minimum Gasteiger partial charge on any atom is -0.497 e. The molecule has 0 heterocycles. The van der Waals surface area contributed by atoms with Gasteiger partial charge < -0.3 is 4.74 Å². The van der Waals surface area contributed by atoms with Gasteiger partial charge in [0, 0.05) is 0 Å². The molecular weight excluding hydrogens is 208 g/mol. The molecule has 1 aromatic carbocycles. The van der Waals surface area contributed by atoms with E-state index in [2.05, 4.69) is 26.0 Å². The number of methoxy groups -OCH3 is 1. The molecule has 82 valence electrons. The van der Waals surface area contributed by atoms with E-state index in [0.717, 1.165) is 12.2 Å². The molecule has 0 saturated carbocycles. The maximum absolute atomic E-state index is 6.44. The number of benzene rings is 1. The first-order valence-corrected chi connectivity index (χ1v) is 5.94. The number of halogens is 1. The van der Waals surface area contributed by atoms with Gasteiger partial charge in [0.25, 0.3) is 0 Å². The van der Waals surface area contributed by atoms with Crippen molar-refractivity contribution < 1.29 is 4.74 Å². The Morgan fingerprint density at radius 3 is 2.67 bits per heavy atom. The number of hydrogen-bond donors (Lipinski definition) is 0. The Kier molecular flexibility index (Phi) is 2.92. The van der Waals surface area contributed by atoms with Gasteiger partial charge in [-0.05, 0) is 41.5 Å². The zero-order chi connectivity index (χ0) is 11.0. The van der Waals surface area contributed by atoms with Crippen LogP contribution in [0.2, 0.25) is 0 Å². The van der Waals surface area contributed by atoms with E-state index in [1.165, 1.54) is 11.1 Å². The average Bonchev–Trinajstić information content (AvgIpc) is 2.51. The Labute approximate surface area is 96.4 Å². The average molecular weight is 225 g/mol. The minimum absolute atomic E-state index is 0.139. The van der Waals surface area contributed by atoms with Gasteiger partial charge in [0.1, 0.15) is 5.75 Å². The second-order valence-corrected chi connectivity index (χ2v) is 4.74. The summed E-state index contributed by atoms with van der Waals surface area (Å²) in [6.45, 7) is 4.46.